The van der Waals surface area contributed by atoms with E-state index in [4.69, 9.17) is 14.7 Å². The van der Waals surface area contributed by atoms with Crippen LogP contribution >= 0.6 is 45.2 Å². The third-order valence-corrected chi connectivity index (χ3v) is 30.7. The van der Waals surface area contributed by atoms with Gasteiger partial charge in [0.1, 0.15) is 5.75 Å². The van der Waals surface area contributed by atoms with Gasteiger partial charge in [-0.3, -0.25) is 35.0 Å². The van der Waals surface area contributed by atoms with Crippen LogP contribution in [0, 0.1) is 7.14 Å². The number of aromatic amines is 6. The van der Waals surface area contributed by atoms with Crippen LogP contribution in [-0.2, 0) is 81.8 Å². The Balaban J connectivity index is 0.0000000905. The van der Waals surface area contributed by atoms with Crippen molar-refractivity contribution in [1.82, 2.24) is 75.4 Å². The first-order valence-corrected chi connectivity index (χ1v) is 50.9. The zero-order valence-electron chi connectivity index (χ0n) is 76.4. The number of aryl methyl sites for hydroxylation is 7. The third kappa shape index (κ3) is 16.3. The summed E-state index contributed by atoms with van der Waals surface area (Å²) in [6.45, 7) is 0.411. The second-order valence-corrected chi connectivity index (χ2v) is 39.8. The largest absolute Gasteiger partial charge is 0.508 e. The highest BCUT2D eigenvalue weighted by molar-refractivity contribution is 14.1. The van der Waals surface area contributed by atoms with Gasteiger partial charge in [-0.1, -0.05) is 84.9 Å². The van der Waals surface area contributed by atoms with E-state index in [0.717, 1.165) is 153 Å². The number of carbonyl (C=O) groups is 1. The average Bonchev–Trinajstić information content (AvgIpc) is 1.50. The van der Waals surface area contributed by atoms with Gasteiger partial charge in [0.15, 0.2) is 0 Å². The minimum absolute atomic E-state index is 0.265. The number of fused-ring (bicyclic) bond motifs is 30. The average molecular weight is 2030 g/mol. The summed E-state index contributed by atoms with van der Waals surface area (Å²) in [5.74, 6) is 0.598. The normalized spacial score (nSPS) is 14.2. The molecule has 23 aromatic rings. The molecule has 0 spiro atoms. The van der Waals surface area contributed by atoms with Crippen molar-refractivity contribution in [3.05, 3.63) is 336 Å². The fraction of sp³-hybridized carbons (Fsp3) is 0.203. The van der Waals surface area contributed by atoms with Crippen LogP contribution in [0.15, 0.2) is 262 Å². The summed E-state index contributed by atoms with van der Waals surface area (Å²) in [4.78, 5) is 49.8. The van der Waals surface area contributed by atoms with Crippen molar-refractivity contribution in [2.24, 2.45) is 0 Å². The van der Waals surface area contributed by atoms with E-state index in [1.165, 1.54) is 262 Å². The maximum atomic E-state index is 10.7. The first kappa shape index (κ1) is 86.5. The number of carbonyl (C=O) groups excluding carboxylic acids is 1. The number of nitrogens with zero attached hydrogens (tertiary/aromatic N) is 9. The lowest BCUT2D eigenvalue weighted by molar-refractivity contribution is -0.120. The number of nitrogens with one attached hydrogen (secondary N) is 6. The van der Waals surface area contributed by atoms with Crippen LogP contribution in [-0.4, -0.2) is 87.0 Å². The van der Waals surface area contributed by atoms with Crippen LogP contribution in [0.5, 0.6) is 11.6 Å². The van der Waals surface area contributed by atoms with Crippen molar-refractivity contribution < 1.29 is 14.6 Å². The zero-order valence-corrected chi connectivity index (χ0v) is 80.7. The molecule has 29 rings (SSSR count). The lowest BCUT2D eigenvalue weighted by atomic mass is 9.85. The first-order valence-electron chi connectivity index (χ1n) is 48.7. The molecule has 0 aliphatic heterocycles. The van der Waals surface area contributed by atoms with Gasteiger partial charge in [0, 0.05) is 141 Å². The van der Waals surface area contributed by atoms with E-state index < -0.39 is 0 Å². The van der Waals surface area contributed by atoms with Crippen molar-refractivity contribution >= 4 is 182 Å². The number of hydrogen-bond donors (Lipinski definition) is 7. The van der Waals surface area contributed by atoms with Gasteiger partial charge in [-0.25, -0.2) is 15.0 Å². The van der Waals surface area contributed by atoms with Gasteiger partial charge in [0.2, 0.25) is 5.88 Å². The molecule has 0 unspecified atom stereocenters. The van der Waals surface area contributed by atoms with E-state index in [-0.39, 0.29) is 5.75 Å². The standard InChI is InChI=1S/C22H18N2O3.C21H17IN2.C21H18N2.C20H16IN3.C20H17N3.C14H13N3/c25-12-27-20-11-17-18(23-20)9-10-19-21(17)15-3-1-2-4-16(15)22(24-19)13-5-7-14(26)8-6-13;22-14-7-5-13(6-8-14)21-16-4-2-1-3-15(16)20-17-11-12-23-18(17)9-10-19(20)24-21;1-2-6-14(7-3-1)21-16-9-5-4-8-15(16)20-17-12-13-22-18(17)10-11-19(20)23-21;21-13-7-5-12(6-8-13)20-15-4-2-1-3-14(15)19-16-11-22-24-17(16)9-10-18(19)23-20;1-2-6-13(7-3-1)20-15-9-5-4-8-14(15)19-16-12-21-23-17(16)10-11-18(19)22-20;1-2-4-10-9(3-1)7-15-13-6-5-12-11(14(10)13)8-16-17-12/h5-12,24,26H,1-4H2;5-12,24H,1-4H2;1-3,6-7,10-13,23H,4-5,8-9H2;5-11H,1-4H2,(H,22,24);1-3,6-7,10-12H,4-5,8-9H2,(H,21,23);5-8H,1-4H2,(H,16,17). The molecule has 6 aliphatic carbocycles. The SMILES string of the molecule is Ic1ccc(-c2[nH]c3ccc4nccc4c3c3c2CCCC3)cc1.Ic1ccc(-c2nc3ccc4[nH]ncc4c3c3c2CCCC3)cc1.O=COc1cc2c(ccc3[nH]c(-c4ccc(O)cc4)c4c(c32)CCCC4)n1.c1ccc(-c2[nH]c3ccc4nccc4c3c3c2CCCC3)cc1.c1ccc(-c2nc3ccc4[nH]ncc4c3c3c2CCCC3)cc1.c1nc2ccc3[nH]ncc3c2c2c1CCCC2. The van der Waals surface area contributed by atoms with Crippen molar-refractivity contribution in [1.29, 1.82) is 0 Å². The Morgan fingerprint density at radius 2 is 0.630 bits per heavy atom. The first-order chi connectivity index (χ1) is 68.1. The maximum Gasteiger partial charge on any atom is 0.299 e. The summed E-state index contributed by atoms with van der Waals surface area (Å²) in [5, 5.41) is 46.5. The third-order valence-electron chi connectivity index (χ3n) is 29.3. The Kier molecular flexibility index (Phi) is 23.6. The highest BCUT2D eigenvalue weighted by Gasteiger charge is 2.29. The number of pyridine rings is 6. The Bertz CT molecular complexity index is 8290. The Morgan fingerprint density at radius 1 is 0.283 bits per heavy atom. The molecule has 0 amide bonds. The number of aromatic hydroxyl groups is 1. The lowest BCUT2D eigenvalue weighted by Crippen LogP contribution is -2.07. The highest BCUT2D eigenvalue weighted by Crippen LogP contribution is 2.46. The van der Waals surface area contributed by atoms with Gasteiger partial charge < -0.3 is 24.8 Å². The molecular weight excluding hydrogens is 1930 g/mol. The van der Waals surface area contributed by atoms with Crippen molar-refractivity contribution in [3.63, 3.8) is 0 Å². The molecule has 18 nitrogen and oxygen atoms in total. The molecule has 0 fully saturated rings. The van der Waals surface area contributed by atoms with Gasteiger partial charge in [0.05, 0.1) is 79.6 Å². The molecule has 11 aromatic carbocycles. The van der Waals surface area contributed by atoms with E-state index in [0.29, 0.717) is 12.4 Å². The number of ether oxygens (including phenoxy) is 1. The molecular formula is C118H99I2N15O3. The minimum atomic E-state index is 0.265. The summed E-state index contributed by atoms with van der Waals surface area (Å²) in [7, 11) is 0. The molecule has 0 atom stereocenters. The molecule has 0 saturated heterocycles. The number of rotatable bonds is 7. The number of phenolic OH excluding ortho intramolecular Hbond substituents is 1. The molecule has 20 heteroatoms. The number of benzene rings is 11. The minimum Gasteiger partial charge on any atom is -0.508 e. The highest BCUT2D eigenvalue weighted by atomic mass is 127. The fourth-order valence-electron chi connectivity index (χ4n) is 23.0. The van der Waals surface area contributed by atoms with E-state index in [9.17, 15) is 9.90 Å². The number of hydrogen-bond acceptors (Lipinski definition) is 12. The number of aromatic nitrogens is 15. The van der Waals surface area contributed by atoms with Gasteiger partial charge in [-0.15, -0.1) is 0 Å². The maximum absolute atomic E-state index is 10.7. The van der Waals surface area contributed by atoms with Crippen molar-refractivity contribution in [2.75, 3.05) is 0 Å². The molecule has 7 N–H and O–H groups in total. The smallest absolute Gasteiger partial charge is 0.299 e. The molecule has 138 heavy (non-hydrogen) atoms. The van der Waals surface area contributed by atoms with Crippen LogP contribution in [0.2, 0.25) is 0 Å². The van der Waals surface area contributed by atoms with Crippen molar-refractivity contribution in [2.45, 2.75) is 154 Å². The Hall–Kier alpha value is -14.4. The van der Waals surface area contributed by atoms with Crippen LogP contribution < -0.4 is 4.74 Å². The topological polar surface area (TPSA) is 257 Å². The van der Waals surface area contributed by atoms with E-state index in [1.807, 2.05) is 61.3 Å². The van der Waals surface area contributed by atoms with Crippen LogP contribution in [0.3, 0.4) is 0 Å². The molecule has 6 aliphatic rings. The predicted octanol–water partition coefficient (Wildman–Crippen LogP) is 28.5. The van der Waals surface area contributed by atoms with Gasteiger partial charge in [-0.2, -0.15) is 15.3 Å². The number of H-pyrrole nitrogens is 6. The van der Waals surface area contributed by atoms with Crippen LogP contribution in [0.25, 0.3) is 187 Å². The summed E-state index contributed by atoms with van der Waals surface area (Å²) < 4.78 is 7.49. The quantitative estimate of drug-likeness (QED) is 0.0581. The van der Waals surface area contributed by atoms with E-state index >= 15 is 0 Å². The zero-order chi connectivity index (χ0) is 92.3. The number of phenols is 1. The number of halogens is 2. The van der Waals surface area contributed by atoms with Gasteiger partial charge in [0.25, 0.3) is 6.47 Å². The Labute approximate surface area is 823 Å². The second kappa shape index (κ2) is 37.6. The molecule has 0 bridgehead atoms. The molecule has 12 aromatic heterocycles. The molecule has 0 saturated carbocycles. The van der Waals surface area contributed by atoms with Gasteiger partial charge in [-0.05, 0) is 416 Å². The van der Waals surface area contributed by atoms with E-state index in [1.54, 1.807) is 12.1 Å². The monoisotopic (exact) mass is 2030 g/mol. The fourth-order valence-corrected chi connectivity index (χ4v) is 23.7. The summed E-state index contributed by atoms with van der Waals surface area (Å²) in [6.07, 6.45) is 40.3. The molecule has 678 valence electrons. The molecule has 0 radical (unpaired) electrons. The predicted molar refractivity (Wildman–Crippen MR) is 576 cm³/mol. The summed E-state index contributed by atoms with van der Waals surface area (Å²) >= 11 is 4.72. The van der Waals surface area contributed by atoms with E-state index in [2.05, 4.69) is 299 Å². The summed E-state index contributed by atoms with van der Waals surface area (Å²) in [6, 6.07) is 77.5. The summed E-state index contributed by atoms with van der Waals surface area (Å²) in [5.41, 5.74) is 42.7. The lowest BCUT2D eigenvalue weighted by Gasteiger charge is -2.23. The molecule has 12 heterocycles. The van der Waals surface area contributed by atoms with Crippen LogP contribution in [0.1, 0.15) is 144 Å². The van der Waals surface area contributed by atoms with Gasteiger partial charge >= 0.3 is 0 Å². The van der Waals surface area contributed by atoms with Crippen molar-refractivity contribution in [3.8, 4) is 67.9 Å². The van der Waals surface area contributed by atoms with Crippen LogP contribution in [0.4, 0.5) is 0 Å². The second-order valence-electron chi connectivity index (χ2n) is 37.3. The Morgan fingerprint density at radius 3 is 1.09 bits per heavy atom.